The van der Waals surface area contributed by atoms with Crippen molar-refractivity contribution in [2.45, 2.75) is 6.42 Å². The molecular formula is C17H17NO3. The zero-order valence-electron chi connectivity index (χ0n) is 11.9. The van der Waals surface area contributed by atoms with E-state index in [4.69, 9.17) is 9.47 Å². The van der Waals surface area contributed by atoms with Gasteiger partial charge in [-0.1, -0.05) is 24.3 Å². The lowest BCUT2D eigenvalue weighted by atomic mass is 10.1. The molecule has 0 aliphatic carbocycles. The number of rotatable bonds is 3. The van der Waals surface area contributed by atoms with Gasteiger partial charge in [0.1, 0.15) is 18.1 Å². The van der Waals surface area contributed by atoms with Gasteiger partial charge in [-0.05, 0) is 29.8 Å². The number of ether oxygens (including phenoxy) is 2. The van der Waals surface area contributed by atoms with Crippen LogP contribution >= 0.6 is 0 Å². The molecule has 0 bridgehead atoms. The molecule has 4 heteroatoms. The molecule has 0 aromatic heterocycles. The highest BCUT2D eigenvalue weighted by Gasteiger charge is 2.23. The van der Waals surface area contributed by atoms with Crippen LogP contribution in [0.1, 0.15) is 5.56 Å². The van der Waals surface area contributed by atoms with E-state index in [0.29, 0.717) is 19.6 Å². The molecule has 0 saturated heterocycles. The molecule has 1 heterocycles. The van der Waals surface area contributed by atoms with Gasteiger partial charge in [0.05, 0.1) is 25.8 Å². The van der Waals surface area contributed by atoms with Gasteiger partial charge in [-0.2, -0.15) is 0 Å². The lowest BCUT2D eigenvalue weighted by molar-refractivity contribution is -0.118. The molecule has 0 radical (unpaired) electrons. The number of benzene rings is 2. The molecule has 1 aliphatic heterocycles. The highest BCUT2D eigenvalue weighted by molar-refractivity contribution is 5.96. The molecule has 0 fully saturated rings. The lowest BCUT2D eigenvalue weighted by Gasteiger charge is -2.29. The van der Waals surface area contributed by atoms with Crippen LogP contribution in [0.25, 0.3) is 0 Å². The molecule has 0 spiro atoms. The number of nitrogens with zero attached hydrogens (tertiary/aromatic N) is 1. The van der Waals surface area contributed by atoms with Crippen LogP contribution in [0.4, 0.5) is 5.69 Å². The Morgan fingerprint density at radius 3 is 2.95 bits per heavy atom. The van der Waals surface area contributed by atoms with Gasteiger partial charge in [0.15, 0.2) is 0 Å². The van der Waals surface area contributed by atoms with Gasteiger partial charge in [-0.25, -0.2) is 0 Å². The van der Waals surface area contributed by atoms with Crippen molar-refractivity contribution in [1.82, 2.24) is 0 Å². The molecule has 2 aromatic rings. The van der Waals surface area contributed by atoms with Crippen molar-refractivity contribution in [1.29, 1.82) is 0 Å². The summed E-state index contributed by atoms with van der Waals surface area (Å²) in [6, 6.07) is 15.2. The molecule has 0 N–H and O–H groups in total. The third-order valence-corrected chi connectivity index (χ3v) is 3.52. The Bertz CT molecular complexity index is 654. The predicted octanol–water partition coefficient (Wildman–Crippen LogP) is 2.66. The Kier molecular flexibility index (Phi) is 3.77. The molecule has 4 nitrogen and oxygen atoms in total. The minimum Gasteiger partial charge on any atom is -0.497 e. The SMILES string of the molecule is COc1cccc(CC(=O)N2CCOc3ccccc32)c1. The summed E-state index contributed by atoms with van der Waals surface area (Å²) in [6.07, 6.45) is 0.353. The molecule has 1 aliphatic rings. The van der Waals surface area contributed by atoms with Crippen molar-refractivity contribution in [3.05, 3.63) is 54.1 Å². The highest BCUT2D eigenvalue weighted by Crippen LogP contribution is 2.31. The second-order valence-electron chi connectivity index (χ2n) is 4.89. The van der Waals surface area contributed by atoms with E-state index in [1.807, 2.05) is 48.5 Å². The first-order chi connectivity index (χ1) is 10.3. The van der Waals surface area contributed by atoms with Crippen molar-refractivity contribution >= 4 is 11.6 Å². The average molecular weight is 283 g/mol. The monoisotopic (exact) mass is 283 g/mol. The van der Waals surface area contributed by atoms with Gasteiger partial charge < -0.3 is 14.4 Å². The molecule has 0 atom stereocenters. The fraction of sp³-hybridized carbons (Fsp3) is 0.235. The number of fused-ring (bicyclic) bond motifs is 1. The Balaban J connectivity index is 1.80. The number of carbonyl (C=O) groups is 1. The molecule has 108 valence electrons. The van der Waals surface area contributed by atoms with Crippen LogP contribution in [0.2, 0.25) is 0 Å². The van der Waals surface area contributed by atoms with Gasteiger partial charge in [0.25, 0.3) is 0 Å². The number of hydrogen-bond donors (Lipinski definition) is 0. The van der Waals surface area contributed by atoms with E-state index in [1.54, 1.807) is 12.0 Å². The van der Waals surface area contributed by atoms with Crippen LogP contribution in [0.3, 0.4) is 0 Å². The summed E-state index contributed by atoms with van der Waals surface area (Å²) in [6.45, 7) is 1.11. The Morgan fingerprint density at radius 2 is 2.10 bits per heavy atom. The first-order valence-corrected chi connectivity index (χ1v) is 6.93. The van der Waals surface area contributed by atoms with Gasteiger partial charge in [-0.3, -0.25) is 4.79 Å². The Hall–Kier alpha value is -2.49. The molecule has 2 aromatic carbocycles. The van der Waals surface area contributed by atoms with Crippen LogP contribution in [0.5, 0.6) is 11.5 Å². The summed E-state index contributed by atoms with van der Waals surface area (Å²) in [4.78, 5) is 14.3. The van der Waals surface area contributed by atoms with Gasteiger partial charge in [-0.15, -0.1) is 0 Å². The van der Waals surface area contributed by atoms with E-state index in [1.165, 1.54) is 0 Å². The molecule has 1 amide bonds. The standard InChI is InChI=1S/C17H17NO3/c1-20-14-6-4-5-13(11-14)12-17(19)18-9-10-21-16-8-3-2-7-15(16)18/h2-8,11H,9-10,12H2,1H3. The van der Waals surface area contributed by atoms with E-state index in [0.717, 1.165) is 22.7 Å². The van der Waals surface area contributed by atoms with Crippen LogP contribution in [-0.4, -0.2) is 26.2 Å². The molecule has 3 rings (SSSR count). The number of hydrogen-bond acceptors (Lipinski definition) is 3. The van der Waals surface area contributed by atoms with E-state index in [2.05, 4.69) is 0 Å². The van der Waals surface area contributed by atoms with Crippen LogP contribution in [0.15, 0.2) is 48.5 Å². The summed E-state index contributed by atoms with van der Waals surface area (Å²) >= 11 is 0. The summed E-state index contributed by atoms with van der Waals surface area (Å²) in [7, 11) is 1.62. The second kappa shape index (κ2) is 5.87. The summed E-state index contributed by atoms with van der Waals surface area (Å²) in [5.74, 6) is 1.60. The average Bonchev–Trinajstić information content (AvgIpc) is 2.54. The van der Waals surface area contributed by atoms with Crippen molar-refractivity contribution in [3.63, 3.8) is 0 Å². The van der Waals surface area contributed by atoms with E-state index in [9.17, 15) is 4.79 Å². The maximum atomic E-state index is 12.6. The predicted molar refractivity (Wildman–Crippen MR) is 81.0 cm³/mol. The zero-order chi connectivity index (χ0) is 14.7. The van der Waals surface area contributed by atoms with Crippen molar-refractivity contribution in [2.75, 3.05) is 25.2 Å². The maximum Gasteiger partial charge on any atom is 0.231 e. The number of para-hydroxylation sites is 2. The summed E-state index contributed by atoms with van der Waals surface area (Å²) < 4.78 is 10.8. The normalized spacial score (nSPS) is 13.3. The van der Waals surface area contributed by atoms with Gasteiger partial charge in [0, 0.05) is 0 Å². The van der Waals surface area contributed by atoms with Crippen molar-refractivity contribution in [2.24, 2.45) is 0 Å². The highest BCUT2D eigenvalue weighted by atomic mass is 16.5. The lowest BCUT2D eigenvalue weighted by Crippen LogP contribution is -2.38. The molecular weight excluding hydrogens is 266 g/mol. The smallest absolute Gasteiger partial charge is 0.231 e. The maximum absolute atomic E-state index is 12.6. The van der Waals surface area contributed by atoms with Crippen LogP contribution in [-0.2, 0) is 11.2 Å². The number of methoxy groups -OCH3 is 1. The van der Waals surface area contributed by atoms with Gasteiger partial charge in [0.2, 0.25) is 5.91 Å². The summed E-state index contributed by atoms with van der Waals surface area (Å²) in [5.41, 5.74) is 1.79. The fourth-order valence-electron chi connectivity index (χ4n) is 2.48. The fourth-order valence-corrected chi connectivity index (χ4v) is 2.48. The number of anilines is 1. The van der Waals surface area contributed by atoms with Crippen molar-refractivity contribution < 1.29 is 14.3 Å². The zero-order valence-corrected chi connectivity index (χ0v) is 11.9. The quantitative estimate of drug-likeness (QED) is 0.869. The van der Waals surface area contributed by atoms with Crippen LogP contribution in [0, 0.1) is 0 Å². The number of carbonyl (C=O) groups excluding carboxylic acids is 1. The Morgan fingerprint density at radius 1 is 1.24 bits per heavy atom. The topological polar surface area (TPSA) is 38.8 Å². The molecule has 0 saturated carbocycles. The Labute approximate surface area is 123 Å². The van der Waals surface area contributed by atoms with Crippen molar-refractivity contribution in [3.8, 4) is 11.5 Å². The third kappa shape index (κ3) is 2.84. The van der Waals surface area contributed by atoms with E-state index >= 15 is 0 Å². The van der Waals surface area contributed by atoms with E-state index in [-0.39, 0.29) is 5.91 Å². The molecule has 21 heavy (non-hydrogen) atoms. The first-order valence-electron chi connectivity index (χ1n) is 6.93. The van der Waals surface area contributed by atoms with Gasteiger partial charge >= 0.3 is 0 Å². The minimum absolute atomic E-state index is 0.0685. The first kappa shape index (κ1) is 13.5. The third-order valence-electron chi connectivity index (χ3n) is 3.52. The molecule has 0 unspecified atom stereocenters. The minimum atomic E-state index is 0.0685. The number of amides is 1. The second-order valence-corrected chi connectivity index (χ2v) is 4.89. The van der Waals surface area contributed by atoms with E-state index < -0.39 is 0 Å². The van der Waals surface area contributed by atoms with Crippen LogP contribution < -0.4 is 14.4 Å². The largest absolute Gasteiger partial charge is 0.497 e. The summed E-state index contributed by atoms with van der Waals surface area (Å²) in [5, 5.41) is 0.